The zero-order valence-corrected chi connectivity index (χ0v) is 13.9. The minimum atomic E-state index is 0.226. The van der Waals surface area contributed by atoms with Gasteiger partial charge < -0.3 is 4.74 Å². The van der Waals surface area contributed by atoms with Crippen molar-refractivity contribution >= 4 is 11.6 Å². The predicted molar refractivity (Wildman–Crippen MR) is 90.7 cm³/mol. The van der Waals surface area contributed by atoms with Crippen LogP contribution in [0.3, 0.4) is 0 Å². The molecule has 2 bridgehead atoms. The lowest BCUT2D eigenvalue weighted by atomic mass is 9.81. The van der Waals surface area contributed by atoms with Crippen molar-refractivity contribution in [2.45, 2.75) is 31.9 Å². The number of nitrogens with zero attached hydrogens (tertiary/aromatic N) is 3. The molecule has 2 aromatic rings. The molecule has 0 aliphatic carbocycles. The summed E-state index contributed by atoms with van der Waals surface area (Å²) in [5.41, 5.74) is 1.77. The first-order valence-corrected chi connectivity index (χ1v) is 8.59. The fourth-order valence-electron chi connectivity index (χ4n) is 3.78. The van der Waals surface area contributed by atoms with Gasteiger partial charge >= 0.3 is 0 Å². The average Bonchev–Trinajstić information content (AvgIpc) is 2.59. The third kappa shape index (κ3) is 2.93. The average molecular weight is 330 g/mol. The Labute approximate surface area is 141 Å². The Hall–Kier alpha value is -1.65. The van der Waals surface area contributed by atoms with Crippen molar-refractivity contribution in [2.24, 2.45) is 5.92 Å². The van der Waals surface area contributed by atoms with Gasteiger partial charge in [0.05, 0.1) is 5.69 Å². The molecule has 1 aromatic carbocycles. The number of halogens is 1. The minimum Gasteiger partial charge on any atom is -0.471 e. The molecule has 3 aliphatic rings. The Balaban J connectivity index is 1.50. The van der Waals surface area contributed by atoms with Crippen LogP contribution in [0.25, 0.3) is 11.3 Å². The third-order valence-electron chi connectivity index (χ3n) is 5.11. The van der Waals surface area contributed by atoms with Crippen LogP contribution >= 0.6 is 11.6 Å². The van der Waals surface area contributed by atoms with Crippen LogP contribution in [-0.2, 0) is 0 Å². The summed E-state index contributed by atoms with van der Waals surface area (Å²) in [6.45, 7) is 4.65. The summed E-state index contributed by atoms with van der Waals surface area (Å²) in [6.07, 6.45) is 2.68. The van der Waals surface area contributed by atoms with Gasteiger partial charge in [0, 0.05) is 22.7 Å². The molecule has 5 rings (SSSR count). The SMILES string of the molecule is C[C@H]1[C@H](Oc2ccc(-c3cccc(Cl)c3)nn2)C2CCN1CC2. The van der Waals surface area contributed by atoms with Gasteiger partial charge in [-0.3, -0.25) is 4.90 Å². The van der Waals surface area contributed by atoms with E-state index in [1.54, 1.807) is 0 Å². The quantitative estimate of drug-likeness (QED) is 0.861. The molecule has 3 fully saturated rings. The lowest BCUT2D eigenvalue weighted by Gasteiger charge is -2.48. The Morgan fingerprint density at radius 2 is 1.96 bits per heavy atom. The summed E-state index contributed by atoms with van der Waals surface area (Å²) < 4.78 is 6.17. The Morgan fingerprint density at radius 1 is 1.13 bits per heavy atom. The number of aromatic nitrogens is 2. The zero-order chi connectivity index (χ0) is 15.8. The van der Waals surface area contributed by atoms with Crippen molar-refractivity contribution in [2.75, 3.05) is 13.1 Å². The minimum absolute atomic E-state index is 0.226. The van der Waals surface area contributed by atoms with Crippen LogP contribution in [-0.4, -0.2) is 40.3 Å². The second-order valence-electron chi connectivity index (χ2n) is 6.46. The molecule has 4 heterocycles. The molecular weight excluding hydrogens is 310 g/mol. The van der Waals surface area contributed by atoms with Gasteiger partial charge in [0.15, 0.2) is 0 Å². The van der Waals surface area contributed by atoms with Gasteiger partial charge in [0.25, 0.3) is 0 Å². The maximum absolute atomic E-state index is 6.17. The molecule has 3 saturated heterocycles. The van der Waals surface area contributed by atoms with Gasteiger partial charge in [-0.1, -0.05) is 23.7 Å². The van der Waals surface area contributed by atoms with Crippen LogP contribution < -0.4 is 4.74 Å². The molecule has 23 heavy (non-hydrogen) atoms. The normalized spacial score (nSPS) is 29.5. The van der Waals surface area contributed by atoms with E-state index in [0.29, 0.717) is 22.9 Å². The van der Waals surface area contributed by atoms with Crippen LogP contribution in [0.1, 0.15) is 19.8 Å². The molecule has 0 amide bonds. The van der Waals surface area contributed by atoms with Crippen molar-refractivity contribution in [3.63, 3.8) is 0 Å². The molecule has 1 aromatic heterocycles. The molecule has 0 N–H and O–H groups in total. The number of hydrogen-bond donors (Lipinski definition) is 0. The first kappa shape index (κ1) is 14.9. The van der Waals surface area contributed by atoms with Crippen LogP contribution in [0.5, 0.6) is 5.88 Å². The van der Waals surface area contributed by atoms with Crippen molar-refractivity contribution in [1.82, 2.24) is 15.1 Å². The van der Waals surface area contributed by atoms with E-state index in [1.807, 2.05) is 36.4 Å². The van der Waals surface area contributed by atoms with Crippen LogP contribution in [0.15, 0.2) is 36.4 Å². The summed E-state index contributed by atoms with van der Waals surface area (Å²) in [7, 11) is 0. The highest BCUT2D eigenvalue weighted by atomic mass is 35.5. The molecule has 4 nitrogen and oxygen atoms in total. The molecule has 120 valence electrons. The standard InChI is InChI=1S/C18H20ClN3O/c1-12-18(13-7-9-22(12)10-8-13)23-17-6-5-16(20-21-17)14-3-2-4-15(19)11-14/h2-6,11-13,18H,7-10H2,1H3/t12-,18-/m0/s1. The molecule has 5 heteroatoms. The number of fused-ring (bicyclic) bond motifs is 3. The van der Waals surface area contributed by atoms with Gasteiger partial charge in [-0.25, -0.2) is 0 Å². The summed E-state index contributed by atoms with van der Waals surface area (Å²) in [6, 6.07) is 11.9. The number of rotatable bonds is 3. The maximum Gasteiger partial charge on any atom is 0.233 e. The lowest BCUT2D eigenvalue weighted by Crippen LogP contribution is -2.58. The van der Waals surface area contributed by atoms with E-state index in [9.17, 15) is 0 Å². The first-order chi connectivity index (χ1) is 11.2. The third-order valence-corrected chi connectivity index (χ3v) is 5.34. The zero-order valence-electron chi connectivity index (χ0n) is 13.2. The molecule has 0 saturated carbocycles. The van der Waals surface area contributed by atoms with Crippen molar-refractivity contribution in [3.05, 3.63) is 41.4 Å². The maximum atomic E-state index is 6.17. The topological polar surface area (TPSA) is 38.3 Å². The van der Waals surface area contributed by atoms with Gasteiger partial charge in [-0.15, -0.1) is 10.2 Å². The summed E-state index contributed by atoms with van der Waals surface area (Å²) in [5, 5.41) is 9.26. The fraction of sp³-hybridized carbons (Fsp3) is 0.444. The van der Waals surface area contributed by atoms with E-state index in [2.05, 4.69) is 22.0 Å². The number of benzene rings is 1. The summed E-state index contributed by atoms with van der Waals surface area (Å²) in [4.78, 5) is 2.51. The molecule has 0 spiro atoms. The highest BCUT2D eigenvalue weighted by Gasteiger charge is 2.41. The van der Waals surface area contributed by atoms with Crippen LogP contribution in [0, 0.1) is 5.92 Å². The molecule has 0 unspecified atom stereocenters. The van der Waals surface area contributed by atoms with Crippen LogP contribution in [0.4, 0.5) is 0 Å². The van der Waals surface area contributed by atoms with E-state index < -0.39 is 0 Å². The monoisotopic (exact) mass is 329 g/mol. The second kappa shape index (κ2) is 6.10. The molecular formula is C18H20ClN3O. The second-order valence-corrected chi connectivity index (χ2v) is 6.90. The highest BCUT2D eigenvalue weighted by Crippen LogP contribution is 2.34. The van der Waals surface area contributed by atoms with E-state index in [-0.39, 0.29) is 6.10 Å². The number of hydrogen-bond acceptors (Lipinski definition) is 4. The van der Waals surface area contributed by atoms with Crippen molar-refractivity contribution in [3.8, 4) is 17.1 Å². The van der Waals surface area contributed by atoms with Crippen molar-refractivity contribution < 1.29 is 4.74 Å². The summed E-state index contributed by atoms with van der Waals surface area (Å²) >= 11 is 6.03. The van der Waals surface area contributed by atoms with Gasteiger partial charge in [-0.05, 0) is 57.0 Å². The smallest absolute Gasteiger partial charge is 0.233 e. The van der Waals surface area contributed by atoms with E-state index in [1.165, 1.54) is 25.9 Å². The van der Waals surface area contributed by atoms with Gasteiger partial charge in [-0.2, -0.15) is 0 Å². The molecule has 0 radical (unpaired) electrons. The Kier molecular flexibility index (Phi) is 3.95. The Morgan fingerprint density at radius 3 is 2.61 bits per heavy atom. The number of ether oxygens (including phenoxy) is 1. The lowest BCUT2D eigenvalue weighted by molar-refractivity contribution is -0.0528. The first-order valence-electron chi connectivity index (χ1n) is 8.21. The van der Waals surface area contributed by atoms with Gasteiger partial charge in [0.2, 0.25) is 5.88 Å². The van der Waals surface area contributed by atoms with Crippen molar-refractivity contribution in [1.29, 1.82) is 0 Å². The fourth-order valence-corrected chi connectivity index (χ4v) is 3.97. The largest absolute Gasteiger partial charge is 0.471 e. The number of piperidine rings is 3. The van der Waals surface area contributed by atoms with E-state index in [4.69, 9.17) is 16.3 Å². The molecule has 2 atom stereocenters. The Bertz CT molecular complexity index is 681. The summed E-state index contributed by atoms with van der Waals surface area (Å²) in [5.74, 6) is 1.26. The van der Waals surface area contributed by atoms with E-state index >= 15 is 0 Å². The van der Waals surface area contributed by atoms with E-state index in [0.717, 1.165) is 11.3 Å². The molecule has 3 aliphatic heterocycles. The van der Waals surface area contributed by atoms with Gasteiger partial charge in [0.1, 0.15) is 6.10 Å². The highest BCUT2D eigenvalue weighted by molar-refractivity contribution is 6.30. The van der Waals surface area contributed by atoms with Crippen LogP contribution in [0.2, 0.25) is 5.02 Å². The predicted octanol–water partition coefficient (Wildman–Crippen LogP) is 3.66.